The fourth-order valence-electron chi connectivity index (χ4n) is 2.41. The topological polar surface area (TPSA) is 89.1 Å². The predicted octanol–water partition coefficient (Wildman–Crippen LogP) is -0.805. The summed E-state index contributed by atoms with van der Waals surface area (Å²) in [5.74, 6) is 0.528. The molecule has 1 amide bonds. The van der Waals surface area contributed by atoms with Gasteiger partial charge in [0.05, 0.1) is 11.9 Å². The van der Waals surface area contributed by atoms with E-state index < -0.39 is 0 Å². The van der Waals surface area contributed by atoms with Gasteiger partial charge >= 0.3 is 0 Å². The lowest BCUT2D eigenvalue weighted by Crippen LogP contribution is -2.39. The molecule has 106 valence electrons. The van der Waals surface area contributed by atoms with E-state index in [2.05, 4.69) is 27.6 Å². The Morgan fingerprint density at radius 2 is 2.47 bits per heavy atom. The molecule has 1 aliphatic rings. The van der Waals surface area contributed by atoms with Gasteiger partial charge in [-0.05, 0) is 32.4 Å². The Balaban J connectivity index is 1.72. The van der Waals surface area contributed by atoms with Crippen LogP contribution >= 0.6 is 0 Å². The van der Waals surface area contributed by atoms with Crippen LogP contribution < -0.4 is 11.1 Å². The lowest BCUT2D eigenvalue weighted by molar-refractivity contribution is -0.122. The second-order valence-corrected chi connectivity index (χ2v) is 5.19. The fourth-order valence-corrected chi connectivity index (χ4v) is 2.41. The average molecular weight is 266 g/mol. The number of nitrogens with two attached hydrogens (primary N) is 1. The molecule has 1 aromatic heterocycles. The standard InChI is InChI=1S/C12H22N6O/c1-17-4-2-3-10(7-17)6-14-12(19)9-18-8-11(5-13)15-16-18/h8,10H,2-7,9,13H2,1H3,(H,14,19). The highest BCUT2D eigenvalue weighted by Gasteiger charge is 2.17. The van der Waals surface area contributed by atoms with Crippen LogP contribution in [0.1, 0.15) is 18.5 Å². The number of carbonyl (C=O) groups is 1. The van der Waals surface area contributed by atoms with Crippen molar-refractivity contribution in [2.24, 2.45) is 11.7 Å². The molecule has 7 heteroatoms. The Hall–Kier alpha value is -1.47. The highest BCUT2D eigenvalue weighted by Crippen LogP contribution is 2.13. The predicted molar refractivity (Wildman–Crippen MR) is 71.1 cm³/mol. The number of piperidine rings is 1. The van der Waals surface area contributed by atoms with Crippen LogP contribution in [0.15, 0.2) is 6.20 Å². The SMILES string of the molecule is CN1CCCC(CNC(=O)Cn2cc(CN)nn2)C1. The fraction of sp³-hybridized carbons (Fsp3) is 0.750. The number of nitrogens with one attached hydrogen (secondary N) is 1. The Bertz CT molecular complexity index is 418. The highest BCUT2D eigenvalue weighted by molar-refractivity contribution is 5.75. The monoisotopic (exact) mass is 266 g/mol. The summed E-state index contributed by atoms with van der Waals surface area (Å²) in [5.41, 5.74) is 6.14. The summed E-state index contributed by atoms with van der Waals surface area (Å²) < 4.78 is 1.52. The van der Waals surface area contributed by atoms with Crippen LogP contribution in [0.3, 0.4) is 0 Å². The van der Waals surface area contributed by atoms with Gasteiger partial charge in [0.15, 0.2) is 0 Å². The second kappa shape index (κ2) is 6.63. The van der Waals surface area contributed by atoms with Gasteiger partial charge < -0.3 is 16.0 Å². The number of nitrogens with zero attached hydrogens (tertiary/aromatic N) is 4. The van der Waals surface area contributed by atoms with Crippen LogP contribution in [0.2, 0.25) is 0 Å². The molecular formula is C12H22N6O. The maximum atomic E-state index is 11.8. The van der Waals surface area contributed by atoms with E-state index in [9.17, 15) is 4.79 Å². The molecule has 1 unspecified atom stereocenters. The van der Waals surface area contributed by atoms with E-state index in [0.717, 1.165) is 19.6 Å². The summed E-state index contributed by atoms with van der Waals surface area (Å²) in [4.78, 5) is 14.1. The molecule has 1 aromatic rings. The molecule has 19 heavy (non-hydrogen) atoms. The smallest absolute Gasteiger partial charge is 0.241 e. The van der Waals surface area contributed by atoms with Gasteiger partial charge in [0.25, 0.3) is 0 Å². The molecule has 2 heterocycles. The lowest BCUT2D eigenvalue weighted by Gasteiger charge is -2.29. The maximum Gasteiger partial charge on any atom is 0.241 e. The van der Waals surface area contributed by atoms with E-state index in [1.807, 2.05) is 0 Å². The molecule has 0 radical (unpaired) electrons. The third kappa shape index (κ3) is 4.29. The average Bonchev–Trinajstić information content (AvgIpc) is 2.84. The van der Waals surface area contributed by atoms with E-state index in [1.165, 1.54) is 17.5 Å². The lowest BCUT2D eigenvalue weighted by atomic mass is 9.98. The van der Waals surface area contributed by atoms with Crippen molar-refractivity contribution in [2.45, 2.75) is 25.9 Å². The van der Waals surface area contributed by atoms with Crippen molar-refractivity contribution in [1.82, 2.24) is 25.2 Å². The molecule has 0 aromatic carbocycles. The van der Waals surface area contributed by atoms with E-state index >= 15 is 0 Å². The van der Waals surface area contributed by atoms with Crippen LogP contribution in [0.25, 0.3) is 0 Å². The van der Waals surface area contributed by atoms with Gasteiger partial charge in [-0.3, -0.25) is 4.79 Å². The minimum atomic E-state index is -0.0262. The number of hydrogen-bond acceptors (Lipinski definition) is 5. The van der Waals surface area contributed by atoms with Gasteiger partial charge in [0.1, 0.15) is 6.54 Å². The molecule has 1 aliphatic heterocycles. The van der Waals surface area contributed by atoms with Gasteiger partial charge in [0.2, 0.25) is 5.91 Å². The third-order valence-electron chi connectivity index (χ3n) is 3.41. The zero-order valence-corrected chi connectivity index (χ0v) is 11.4. The zero-order valence-electron chi connectivity index (χ0n) is 11.4. The van der Waals surface area contributed by atoms with Crippen LogP contribution in [0.4, 0.5) is 0 Å². The van der Waals surface area contributed by atoms with Crippen molar-refractivity contribution in [3.8, 4) is 0 Å². The Morgan fingerprint density at radius 1 is 1.63 bits per heavy atom. The molecule has 3 N–H and O–H groups in total. The summed E-state index contributed by atoms with van der Waals surface area (Å²) >= 11 is 0. The first kappa shape index (κ1) is 14.0. The van der Waals surface area contributed by atoms with Gasteiger partial charge in [-0.15, -0.1) is 5.10 Å². The molecule has 2 rings (SSSR count). The van der Waals surface area contributed by atoms with Crippen molar-refractivity contribution in [2.75, 3.05) is 26.7 Å². The summed E-state index contributed by atoms with van der Waals surface area (Å²) in [6.45, 7) is 3.50. The molecule has 0 saturated carbocycles. The van der Waals surface area contributed by atoms with Crippen LogP contribution in [0.5, 0.6) is 0 Å². The molecule has 0 aliphatic carbocycles. The quantitative estimate of drug-likeness (QED) is 0.728. The highest BCUT2D eigenvalue weighted by atomic mass is 16.2. The first-order valence-electron chi connectivity index (χ1n) is 6.71. The normalized spacial score (nSPS) is 20.4. The van der Waals surface area contributed by atoms with Crippen molar-refractivity contribution < 1.29 is 4.79 Å². The van der Waals surface area contributed by atoms with E-state index in [4.69, 9.17) is 5.73 Å². The van der Waals surface area contributed by atoms with Crippen LogP contribution in [-0.4, -0.2) is 52.5 Å². The second-order valence-electron chi connectivity index (χ2n) is 5.19. The molecular weight excluding hydrogens is 244 g/mol. The van der Waals surface area contributed by atoms with Crippen LogP contribution in [-0.2, 0) is 17.9 Å². The Labute approximate surface area is 113 Å². The van der Waals surface area contributed by atoms with Gasteiger partial charge in [0, 0.05) is 19.6 Å². The van der Waals surface area contributed by atoms with Crippen molar-refractivity contribution in [3.63, 3.8) is 0 Å². The molecule has 1 saturated heterocycles. The van der Waals surface area contributed by atoms with E-state index in [-0.39, 0.29) is 12.5 Å². The number of likely N-dealkylation sites (tertiary alicyclic amines) is 1. The zero-order chi connectivity index (χ0) is 13.7. The van der Waals surface area contributed by atoms with E-state index in [1.54, 1.807) is 6.20 Å². The van der Waals surface area contributed by atoms with Crippen LogP contribution in [0, 0.1) is 5.92 Å². The molecule has 1 fully saturated rings. The van der Waals surface area contributed by atoms with E-state index in [0.29, 0.717) is 18.2 Å². The number of amides is 1. The molecule has 0 spiro atoms. The van der Waals surface area contributed by atoms with Crippen molar-refractivity contribution in [3.05, 3.63) is 11.9 Å². The minimum Gasteiger partial charge on any atom is -0.354 e. The van der Waals surface area contributed by atoms with Gasteiger partial charge in [-0.2, -0.15) is 0 Å². The summed E-state index contributed by atoms with van der Waals surface area (Å²) in [7, 11) is 2.12. The number of hydrogen-bond donors (Lipinski definition) is 2. The first-order chi connectivity index (χ1) is 9.17. The maximum absolute atomic E-state index is 11.8. The van der Waals surface area contributed by atoms with Crippen molar-refractivity contribution in [1.29, 1.82) is 0 Å². The Kier molecular flexibility index (Phi) is 4.86. The number of rotatable bonds is 5. The largest absolute Gasteiger partial charge is 0.354 e. The third-order valence-corrected chi connectivity index (χ3v) is 3.41. The summed E-state index contributed by atoms with van der Waals surface area (Å²) in [6, 6.07) is 0. The molecule has 7 nitrogen and oxygen atoms in total. The summed E-state index contributed by atoms with van der Waals surface area (Å²) in [6.07, 6.45) is 4.10. The molecule has 1 atom stereocenters. The van der Waals surface area contributed by atoms with Gasteiger partial charge in [-0.1, -0.05) is 5.21 Å². The minimum absolute atomic E-state index is 0.0262. The summed E-state index contributed by atoms with van der Waals surface area (Å²) in [5, 5.41) is 10.7. The molecule has 0 bridgehead atoms. The number of aromatic nitrogens is 3. The van der Waals surface area contributed by atoms with Crippen molar-refractivity contribution >= 4 is 5.91 Å². The first-order valence-corrected chi connectivity index (χ1v) is 6.71. The van der Waals surface area contributed by atoms with Gasteiger partial charge in [-0.25, -0.2) is 4.68 Å². The Morgan fingerprint density at radius 3 is 3.16 bits per heavy atom. The number of carbonyl (C=O) groups excluding carboxylic acids is 1.